The van der Waals surface area contributed by atoms with Gasteiger partial charge in [-0.2, -0.15) is 0 Å². The Bertz CT molecular complexity index is 1070. The average Bonchev–Trinajstić information content (AvgIpc) is 3.04. The monoisotopic (exact) mass is 432 g/mol. The second-order valence-electron chi connectivity index (χ2n) is 6.21. The minimum atomic E-state index is -0.571. The molecule has 0 aliphatic rings. The number of benzene rings is 2. The lowest BCUT2D eigenvalue weighted by Gasteiger charge is -2.12. The summed E-state index contributed by atoms with van der Waals surface area (Å²) in [5.41, 5.74) is 2.05. The molecule has 3 rings (SSSR count). The maximum Gasteiger partial charge on any atom is 0.271 e. The summed E-state index contributed by atoms with van der Waals surface area (Å²) in [5.74, 6) is 6.23. The van der Waals surface area contributed by atoms with Crippen LogP contribution in [0.15, 0.2) is 47.6 Å². The first-order chi connectivity index (χ1) is 13.8. The Hall–Kier alpha value is -3.11. The molecule has 0 radical (unpaired) electrons. The van der Waals surface area contributed by atoms with Crippen molar-refractivity contribution in [2.75, 3.05) is 11.2 Å². The SMILES string of the molecule is Cc1ccc(-c2nnc(SC(C)C(=O)Nc3ccc([N+](=O)[O-])cc3Cl)n2N)cc1. The van der Waals surface area contributed by atoms with Gasteiger partial charge >= 0.3 is 0 Å². The van der Waals surface area contributed by atoms with Crippen LogP contribution in [0.1, 0.15) is 12.5 Å². The quantitative estimate of drug-likeness (QED) is 0.263. The summed E-state index contributed by atoms with van der Waals surface area (Å²) < 4.78 is 1.33. The molecule has 1 aromatic heterocycles. The van der Waals surface area contributed by atoms with Gasteiger partial charge in [-0.15, -0.1) is 10.2 Å². The van der Waals surface area contributed by atoms with Crippen molar-refractivity contribution < 1.29 is 9.72 Å². The molecule has 1 unspecified atom stereocenters. The van der Waals surface area contributed by atoms with Gasteiger partial charge in [0.05, 0.1) is 20.9 Å². The van der Waals surface area contributed by atoms with E-state index in [1.807, 2.05) is 31.2 Å². The predicted molar refractivity (Wildman–Crippen MR) is 112 cm³/mol. The van der Waals surface area contributed by atoms with E-state index in [9.17, 15) is 14.9 Å². The first-order valence-corrected chi connectivity index (χ1v) is 9.71. The molecule has 2 aromatic carbocycles. The zero-order chi connectivity index (χ0) is 21.1. The van der Waals surface area contributed by atoms with Gasteiger partial charge in [0.15, 0.2) is 5.82 Å². The number of carbonyl (C=O) groups excluding carboxylic acids is 1. The molecule has 0 aliphatic heterocycles. The molecule has 3 aromatic rings. The molecular formula is C18H17ClN6O3S. The van der Waals surface area contributed by atoms with Crippen molar-refractivity contribution >= 4 is 40.6 Å². The van der Waals surface area contributed by atoms with Crippen LogP contribution in [0.3, 0.4) is 0 Å². The number of thioether (sulfide) groups is 1. The Balaban J connectivity index is 1.70. The number of hydrogen-bond donors (Lipinski definition) is 2. The molecule has 0 spiro atoms. The highest BCUT2D eigenvalue weighted by Crippen LogP contribution is 2.29. The van der Waals surface area contributed by atoms with Crippen molar-refractivity contribution in [3.8, 4) is 11.4 Å². The van der Waals surface area contributed by atoms with E-state index in [4.69, 9.17) is 17.4 Å². The number of nitro benzene ring substituents is 1. The Labute approximate surface area is 175 Å². The molecular weight excluding hydrogens is 416 g/mol. The van der Waals surface area contributed by atoms with E-state index in [1.165, 1.54) is 22.9 Å². The predicted octanol–water partition coefficient (Wildman–Crippen LogP) is 3.65. The van der Waals surface area contributed by atoms with Crippen LogP contribution in [0.4, 0.5) is 11.4 Å². The van der Waals surface area contributed by atoms with Gasteiger partial charge in [0.1, 0.15) is 0 Å². The van der Waals surface area contributed by atoms with Crippen molar-refractivity contribution in [2.45, 2.75) is 24.3 Å². The maximum atomic E-state index is 12.5. The lowest BCUT2D eigenvalue weighted by atomic mass is 10.1. The normalized spacial score (nSPS) is 11.8. The minimum absolute atomic E-state index is 0.0772. The zero-order valence-corrected chi connectivity index (χ0v) is 17.1. The van der Waals surface area contributed by atoms with E-state index in [1.54, 1.807) is 6.92 Å². The van der Waals surface area contributed by atoms with Gasteiger partial charge in [-0.25, -0.2) is 4.68 Å². The third kappa shape index (κ3) is 4.66. The smallest absolute Gasteiger partial charge is 0.271 e. The van der Waals surface area contributed by atoms with Gasteiger partial charge < -0.3 is 11.2 Å². The number of aromatic nitrogens is 3. The number of nitrogen functional groups attached to an aromatic ring is 1. The summed E-state index contributed by atoms with van der Waals surface area (Å²) in [4.78, 5) is 22.7. The number of carbonyl (C=O) groups is 1. The number of amides is 1. The van der Waals surface area contributed by atoms with Crippen LogP contribution in [0, 0.1) is 17.0 Å². The van der Waals surface area contributed by atoms with Gasteiger partial charge in [-0.1, -0.05) is 53.2 Å². The third-order valence-electron chi connectivity index (χ3n) is 4.05. The first-order valence-electron chi connectivity index (χ1n) is 8.45. The highest BCUT2D eigenvalue weighted by atomic mass is 35.5. The molecule has 3 N–H and O–H groups in total. The van der Waals surface area contributed by atoms with Crippen LogP contribution in [0.5, 0.6) is 0 Å². The Morgan fingerprint density at radius 1 is 1.28 bits per heavy atom. The zero-order valence-electron chi connectivity index (χ0n) is 15.5. The average molecular weight is 433 g/mol. The van der Waals surface area contributed by atoms with E-state index in [0.29, 0.717) is 11.0 Å². The van der Waals surface area contributed by atoms with Gasteiger partial charge in [-0.05, 0) is 19.9 Å². The second-order valence-corrected chi connectivity index (χ2v) is 7.93. The Morgan fingerprint density at radius 2 is 1.97 bits per heavy atom. The fraction of sp³-hybridized carbons (Fsp3) is 0.167. The largest absolute Gasteiger partial charge is 0.335 e. The first kappa shape index (κ1) is 20.6. The number of anilines is 1. The van der Waals surface area contributed by atoms with Crippen LogP contribution in [0.25, 0.3) is 11.4 Å². The van der Waals surface area contributed by atoms with E-state index < -0.39 is 10.2 Å². The standard InChI is InChI=1S/C18H17ClN6O3S/c1-10-3-5-12(6-4-10)16-22-23-18(24(16)20)29-11(2)17(26)21-15-8-7-13(25(27)28)9-14(15)19/h3-9,11H,20H2,1-2H3,(H,21,26). The number of nitro groups is 1. The molecule has 0 saturated carbocycles. The van der Waals surface area contributed by atoms with Crippen molar-refractivity contribution in [3.63, 3.8) is 0 Å². The molecule has 1 amide bonds. The number of nitrogens with one attached hydrogen (secondary N) is 1. The lowest BCUT2D eigenvalue weighted by Crippen LogP contribution is -2.23. The van der Waals surface area contributed by atoms with Gasteiger partial charge in [0, 0.05) is 17.7 Å². The van der Waals surface area contributed by atoms with Crippen molar-refractivity contribution in [3.05, 3.63) is 63.2 Å². The van der Waals surface area contributed by atoms with Crippen LogP contribution < -0.4 is 11.2 Å². The summed E-state index contributed by atoms with van der Waals surface area (Å²) in [5, 5.41) is 21.5. The lowest BCUT2D eigenvalue weighted by molar-refractivity contribution is -0.384. The summed E-state index contributed by atoms with van der Waals surface area (Å²) in [6.07, 6.45) is 0. The van der Waals surface area contributed by atoms with Gasteiger partial charge in [0.25, 0.3) is 5.69 Å². The van der Waals surface area contributed by atoms with E-state index >= 15 is 0 Å². The van der Waals surface area contributed by atoms with Crippen LogP contribution in [0.2, 0.25) is 5.02 Å². The molecule has 1 heterocycles. The van der Waals surface area contributed by atoms with E-state index in [2.05, 4.69) is 15.5 Å². The number of nitrogens with two attached hydrogens (primary N) is 1. The molecule has 1 atom stereocenters. The van der Waals surface area contributed by atoms with Crippen LogP contribution in [-0.2, 0) is 4.79 Å². The second kappa shape index (κ2) is 8.50. The molecule has 29 heavy (non-hydrogen) atoms. The summed E-state index contributed by atoms with van der Waals surface area (Å²) in [6.45, 7) is 3.66. The molecule has 0 saturated heterocycles. The van der Waals surface area contributed by atoms with Gasteiger partial charge in [0.2, 0.25) is 11.1 Å². The number of hydrogen-bond acceptors (Lipinski definition) is 7. The number of nitrogens with zero attached hydrogens (tertiary/aromatic N) is 4. The Morgan fingerprint density at radius 3 is 2.59 bits per heavy atom. The molecule has 9 nitrogen and oxygen atoms in total. The Kier molecular flexibility index (Phi) is 6.04. The van der Waals surface area contributed by atoms with Crippen molar-refractivity contribution in [1.82, 2.24) is 14.9 Å². The van der Waals surface area contributed by atoms with Crippen molar-refractivity contribution in [2.24, 2.45) is 0 Å². The maximum absolute atomic E-state index is 12.5. The van der Waals surface area contributed by atoms with Crippen molar-refractivity contribution in [1.29, 1.82) is 0 Å². The van der Waals surface area contributed by atoms with Crippen LogP contribution >= 0.6 is 23.4 Å². The highest BCUT2D eigenvalue weighted by molar-refractivity contribution is 8.00. The summed E-state index contributed by atoms with van der Waals surface area (Å²) in [6, 6.07) is 11.5. The number of halogens is 1. The highest BCUT2D eigenvalue weighted by Gasteiger charge is 2.21. The molecule has 11 heteroatoms. The van der Waals surface area contributed by atoms with E-state index in [0.717, 1.165) is 22.9 Å². The molecule has 0 aliphatic carbocycles. The van der Waals surface area contributed by atoms with E-state index in [-0.39, 0.29) is 22.3 Å². The summed E-state index contributed by atoms with van der Waals surface area (Å²) in [7, 11) is 0. The topological polar surface area (TPSA) is 129 Å². The third-order valence-corrected chi connectivity index (χ3v) is 5.42. The fourth-order valence-corrected chi connectivity index (χ4v) is 3.41. The number of aryl methyl sites for hydroxylation is 1. The number of non-ortho nitro benzene ring substituents is 1. The van der Waals surface area contributed by atoms with Gasteiger partial charge in [-0.3, -0.25) is 14.9 Å². The number of rotatable bonds is 6. The fourth-order valence-electron chi connectivity index (χ4n) is 2.42. The molecule has 150 valence electrons. The summed E-state index contributed by atoms with van der Waals surface area (Å²) >= 11 is 7.15. The van der Waals surface area contributed by atoms with Crippen LogP contribution in [-0.4, -0.2) is 31.0 Å². The molecule has 0 bridgehead atoms. The molecule has 0 fully saturated rings. The minimum Gasteiger partial charge on any atom is -0.335 e.